The summed E-state index contributed by atoms with van der Waals surface area (Å²) < 4.78 is 0. The molecule has 1 amide bonds. The Labute approximate surface area is 153 Å². The van der Waals surface area contributed by atoms with Crippen LogP contribution in [0.1, 0.15) is 32.1 Å². The first-order valence-corrected chi connectivity index (χ1v) is 9.66. The summed E-state index contributed by atoms with van der Waals surface area (Å²) in [5.74, 6) is 2.13. The molecule has 1 aromatic carbocycles. The van der Waals surface area contributed by atoms with Crippen molar-refractivity contribution in [1.82, 2.24) is 9.88 Å². The lowest BCUT2D eigenvalue weighted by Crippen LogP contribution is -2.36. The third-order valence-electron chi connectivity index (χ3n) is 5.55. The average molecular weight is 358 g/mol. The maximum absolute atomic E-state index is 11.7. The number of halogens is 1. The number of pyridine rings is 1. The van der Waals surface area contributed by atoms with Gasteiger partial charge in [-0.3, -0.25) is 4.79 Å². The van der Waals surface area contributed by atoms with E-state index in [1.807, 2.05) is 23.1 Å². The van der Waals surface area contributed by atoms with Crippen molar-refractivity contribution in [3.05, 3.63) is 35.4 Å². The van der Waals surface area contributed by atoms with Gasteiger partial charge in [-0.25, -0.2) is 4.98 Å². The number of benzene rings is 1. The normalized spacial score (nSPS) is 19.2. The van der Waals surface area contributed by atoms with Gasteiger partial charge < -0.3 is 9.80 Å². The monoisotopic (exact) mass is 357 g/mol. The largest absolute Gasteiger partial charge is 0.357 e. The van der Waals surface area contributed by atoms with Crippen molar-refractivity contribution >= 4 is 34.2 Å². The summed E-state index contributed by atoms with van der Waals surface area (Å²) in [4.78, 5) is 20.9. The predicted molar refractivity (Wildman–Crippen MR) is 102 cm³/mol. The molecule has 0 aliphatic carbocycles. The van der Waals surface area contributed by atoms with E-state index in [1.165, 1.54) is 12.8 Å². The lowest BCUT2D eigenvalue weighted by atomic mass is 9.93. The minimum absolute atomic E-state index is 0.345. The van der Waals surface area contributed by atoms with Gasteiger partial charge >= 0.3 is 0 Å². The number of piperidine rings is 1. The number of hydrogen-bond acceptors (Lipinski definition) is 3. The average Bonchev–Trinajstić information content (AvgIpc) is 3.05. The van der Waals surface area contributed by atoms with E-state index in [9.17, 15) is 4.79 Å². The molecule has 2 aliphatic heterocycles. The Morgan fingerprint density at radius 1 is 1.12 bits per heavy atom. The second-order valence-electron chi connectivity index (χ2n) is 7.21. The fraction of sp³-hybridized carbons (Fsp3) is 0.500. The Morgan fingerprint density at radius 2 is 1.96 bits per heavy atom. The van der Waals surface area contributed by atoms with Crippen LogP contribution in [-0.4, -0.2) is 42.0 Å². The number of likely N-dealkylation sites (tertiary alicyclic amines) is 1. The van der Waals surface area contributed by atoms with E-state index in [0.717, 1.165) is 73.1 Å². The molecule has 4 nitrogen and oxygen atoms in total. The van der Waals surface area contributed by atoms with Crippen LogP contribution < -0.4 is 4.90 Å². The first-order valence-electron chi connectivity index (χ1n) is 9.28. The van der Waals surface area contributed by atoms with Crippen LogP contribution in [0.25, 0.3) is 10.9 Å². The second-order valence-corrected chi connectivity index (χ2v) is 7.65. The number of nitrogens with zero attached hydrogens (tertiary/aromatic N) is 3. The number of aromatic nitrogens is 1. The van der Waals surface area contributed by atoms with Gasteiger partial charge in [0.25, 0.3) is 0 Å². The molecule has 2 aromatic rings. The van der Waals surface area contributed by atoms with Crippen molar-refractivity contribution in [2.75, 3.05) is 31.1 Å². The molecular formula is C20H24ClN3O. The minimum atomic E-state index is 0.345. The Hall–Kier alpha value is -1.81. The van der Waals surface area contributed by atoms with E-state index >= 15 is 0 Å². The van der Waals surface area contributed by atoms with Gasteiger partial charge in [0.15, 0.2) is 0 Å². The molecule has 1 aromatic heterocycles. The highest BCUT2D eigenvalue weighted by Crippen LogP contribution is 2.27. The van der Waals surface area contributed by atoms with E-state index in [2.05, 4.69) is 17.0 Å². The Balaban J connectivity index is 1.33. The summed E-state index contributed by atoms with van der Waals surface area (Å²) in [6.45, 7) is 4.00. The van der Waals surface area contributed by atoms with Crippen molar-refractivity contribution in [3.63, 3.8) is 0 Å². The fourth-order valence-corrected chi connectivity index (χ4v) is 4.17. The highest BCUT2D eigenvalue weighted by Gasteiger charge is 2.24. The molecule has 4 rings (SSSR count). The Kier molecular flexibility index (Phi) is 4.80. The van der Waals surface area contributed by atoms with Crippen LogP contribution in [0.2, 0.25) is 5.02 Å². The first kappa shape index (κ1) is 16.6. The van der Waals surface area contributed by atoms with Gasteiger partial charge in [-0.2, -0.15) is 0 Å². The SMILES string of the molecule is O=C1CCCN1CCC1CCN(c2ccc3cc(Cl)ccc3n2)CC1. The van der Waals surface area contributed by atoms with Crippen molar-refractivity contribution < 1.29 is 4.79 Å². The molecule has 25 heavy (non-hydrogen) atoms. The first-order chi connectivity index (χ1) is 12.2. The maximum Gasteiger partial charge on any atom is 0.222 e. The number of carbonyl (C=O) groups is 1. The standard InChI is InChI=1S/C20H24ClN3O/c21-17-4-5-18-16(14-17)3-6-19(22-18)23-11-7-15(8-12-23)9-13-24-10-1-2-20(24)25/h3-6,14-15H,1-2,7-13H2. The molecule has 0 bridgehead atoms. The Morgan fingerprint density at radius 3 is 2.72 bits per heavy atom. The van der Waals surface area contributed by atoms with Crippen LogP contribution in [0.3, 0.4) is 0 Å². The second kappa shape index (κ2) is 7.20. The summed E-state index contributed by atoms with van der Waals surface area (Å²) >= 11 is 6.05. The number of hydrogen-bond donors (Lipinski definition) is 0. The summed E-state index contributed by atoms with van der Waals surface area (Å²) in [5.41, 5.74) is 0.997. The summed E-state index contributed by atoms with van der Waals surface area (Å²) in [6.07, 6.45) is 5.29. The van der Waals surface area contributed by atoms with Gasteiger partial charge in [0.1, 0.15) is 5.82 Å². The van der Waals surface area contributed by atoms with Crippen LogP contribution in [0.15, 0.2) is 30.3 Å². The van der Waals surface area contributed by atoms with Crippen LogP contribution >= 0.6 is 11.6 Å². The number of rotatable bonds is 4. The van der Waals surface area contributed by atoms with Gasteiger partial charge in [0.05, 0.1) is 5.52 Å². The third kappa shape index (κ3) is 3.74. The molecule has 2 fully saturated rings. The van der Waals surface area contributed by atoms with Crippen molar-refractivity contribution in [2.24, 2.45) is 5.92 Å². The summed E-state index contributed by atoms with van der Waals surface area (Å²) in [5, 5.41) is 1.83. The fourth-order valence-electron chi connectivity index (χ4n) is 3.99. The van der Waals surface area contributed by atoms with Gasteiger partial charge in [-0.15, -0.1) is 0 Å². The molecule has 0 unspecified atom stereocenters. The molecule has 2 saturated heterocycles. The maximum atomic E-state index is 11.7. The molecule has 5 heteroatoms. The van der Waals surface area contributed by atoms with Crippen LogP contribution in [0, 0.1) is 5.92 Å². The smallest absolute Gasteiger partial charge is 0.222 e. The van der Waals surface area contributed by atoms with Crippen molar-refractivity contribution in [1.29, 1.82) is 0 Å². The molecule has 0 radical (unpaired) electrons. The summed E-state index contributed by atoms with van der Waals surface area (Å²) in [7, 11) is 0. The van der Waals surface area contributed by atoms with E-state index in [0.29, 0.717) is 5.91 Å². The zero-order valence-electron chi connectivity index (χ0n) is 14.5. The van der Waals surface area contributed by atoms with Crippen molar-refractivity contribution in [3.8, 4) is 0 Å². The number of fused-ring (bicyclic) bond motifs is 1. The zero-order chi connectivity index (χ0) is 17.2. The van der Waals surface area contributed by atoms with E-state index < -0.39 is 0 Å². The van der Waals surface area contributed by atoms with Crippen LogP contribution in [0.5, 0.6) is 0 Å². The number of anilines is 1. The third-order valence-corrected chi connectivity index (χ3v) is 5.79. The van der Waals surface area contributed by atoms with Crippen LogP contribution in [-0.2, 0) is 4.79 Å². The van der Waals surface area contributed by atoms with Gasteiger partial charge in [0, 0.05) is 43.0 Å². The molecule has 0 atom stereocenters. The van der Waals surface area contributed by atoms with E-state index in [1.54, 1.807) is 0 Å². The number of carbonyl (C=O) groups excluding carboxylic acids is 1. The van der Waals surface area contributed by atoms with Gasteiger partial charge in [0.2, 0.25) is 5.91 Å². The number of amides is 1. The molecular weight excluding hydrogens is 334 g/mol. The van der Waals surface area contributed by atoms with Crippen molar-refractivity contribution in [2.45, 2.75) is 32.1 Å². The highest BCUT2D eigenvalue weighted by molar-refractivity contribution is 6.31. The van der Waals surface area contributed by atoms with E-state index in [-0.39, 0.29) is 0 Å². The molecule has 2 aliphatic rings. The van der Waals surface area contributed by atoms with E-state index in [4.69, 9.17) is 16.6 Å². The minimum Gasteiger partial charge on any atom is -0.357 e. The highest BCUT2D eigenvalue weighted by atomic mass is 35.5. The molecule has 132 valence electrons. The molecule has 0 saturated carbocycles. The zero-order valence-corrected chi connectivity index (χ0v) is 15.2. The van der Waals surface area contributed by atoms with Gasteiger partial charge in [-0.05, 0) is 61.9 Å². The van der Waals surface area contributed by atoms with Gasteiger partial charge in [-0.1, -0.05) is 11.6 Å². The topological polar surface area (TPSA) is 36.4 Å². The Bertz CT molecular complexity index is 771. The van der Waals surface area contributed by atoms with Crippen LogP contribution in [0.4, 0.5) is 5.82 Å². The molecule has 3 heterocycles. The lowest BCUT2D eigenvalue weighted by molar-refractivity contribution is -0.127. The quantitative estimate of drug-likeness (QED) is 0.826. The molecule has 0 N–H and O–H groups in total. The lowest BCUT2D eigenvalue weighted by Gasteiger charge is -2.33. The predicted octanol–water partition coefficient (Wildman–Crippen LogP) is 4.12. The summed E-state index contributed by atoms with van der Waals surface area (Å²) in [6, 6.07) is 10.0. The molecule has 0 spiro atoms.